The van der Waals surface area contributed by atoms with Crippen LogP contribution in [0.25, 0.3) is 11.1 Å². The number of ether oxygens (including phenoxy) is 1. The normalized spacial score (nSPS) is 9.50. The summed E-state index contributed by atoms with van der Waals surface area (Å²) in [5.41, 5.74) is 2.58. The van der Waals surface area contributed by atoms with Gasteiger partial charge in [0.2, 0.25) is 0 Å². The lowest BCUT2D eigenvalue weighted by atomic mass is 10.0. The Balaban J connectivity index is 2.59. The van der Waals surface area contributed by atoms with Gasteiger partial charge in [0.15, 0.2) is 0 Å². The zero-order chi connectivity index (χ0) is 11.4. The number of nitriles is 1. The Labute approximate surface area is 94.7 Å². The highest BCUT2D eigenvalue weighted by molar-refractivity contribution is 5.71. The van der Waals surface area contributed by atoms with Crippen LogP contribution in [0.1, 0.15) is 5.56 Å². The van der Waals surface area contributed by atoms with Gasteiger partial charge in [0, 0.05) is 5.56 Å². The molecule has 2 aromatic carbocycles. The van der Waals surface area contributed by atoms with Crippen molar-refractivity contribution in [2.75, 3.05) is 7.11 Å². The molecule has 0 heterocycles. The van der Waals surface area contributed by atoms with Gasteiger partial charge in [0.1, 0.15) is 5.75 Å². The van der Waals surface area contributed by atoms with Crippen molar-refractivity contribution < 1.29 is 4.74 Å². The molecule has 0 aromatic heterocycles. The largest absolute Gasteiger partial charge is 0.496 e. The van der Waals surface area contributed by atoms with Crippen LogP contribution < -0.4 is 4.74 Å². The Morgan fingerprint density at radius 3 is 2.56 bits per heavy atom. The summed E-state index contributed by atoms with van der Waals surface area (Å²) in [4.78, 5) is 0. The van der Waals surface area contributed by atoms with Gasteiger partial charge in [-0.2, -0.15) is 5.26 Å². The van der Waals surface area contributed by atoms with E-state index < -0.39 is 0 Å². The van der Waals surface area contributed by atoms with E-state index in [1.54, 1.807) is 13.2 Å². The first-order chi connectivity index (χ1) is 7.85. The molecule has 2 aromatic rings. The minimum absolute atomic E-state index is 0.628. The number of hydrogen-bond donors (Lipinski definition) is 0. The van der Waals surface area contributed by atoms with E-state index in [-0.39, 0.29) is 0 Å². The third kappa shape index (κ3) is 1.89. The molecular weight excluding hydrogens is 198 g/mol. The van der Waals surface area contributed by atoms with Crippen molar-refractivity contribution in [3.8, 4) is 22.9 Å². The monoisotopic (exact) mass is 208 g/mol. The maximum Gasteiger partial charge on any atom is 0.126 e. The summed E-state index contributed by atoms with van der Waals surface area (Å²) in [6.07, 6.45) is 0. The van der Waals surface area contributed by atoms with Crippen LogP contribution in [0.4, 0.5) is 0 Å². The third-order valence-corrected chi connectivity index (χ3v) is 2.36. The van der Waals surface area contributed by atoms with Gasteiger partial charge in [0.25, 0.3) is 0 Å². The highest BCUT2D eigenvalue weighted by atomic mass is 16.5. The fourth-order valence-corrected chi connectivity index (χ4v) is 1.57. The molecule has 2 rings (SSSR count). The lowest BCUT2D eigenvalue weighted by molar-refractivity contribution is 0.416. The second-order valence-electron chi connectivity index (χ2n) is 3.32. The molecule has 0 N–H and O–H groups in total. The van der Waals surface area contributed by atoms with Crippen LogP contribution in [-0.2, 0) is 0 Å². The number of methoxy groups -OCH3 is 1. The second-order valence-corrected chi connectivity index (χ2v) is 3.32. The van der Waals surface area contributed by atoms with E-state index >= 15 is 0 Å². The highest BCUT2D eigenvalue weighted by Crippen LogP contribution is 2.30. The Kier molecular flexibility index (Phi) is 2.88. The lowest BCUT2D eigenvalue weighted by Crippen LogP contribution is -1.88. The van der Waals surface area contributed by atoms with Crippen LogP contribution in [0.15, 0.2) is 42.5 Å². The van der Waals surface area contributed by atoms with Crippen LogP contribution in [-0.4, -0.2) is 7.11 Å². The number of hydrogen-bond acceptors (Lipinski definition) is 2. The summed E-state index contributed by atoms with van der Waals surface area (Å²) >= 11 is 0. The molecule has 0 unspecified atom stereocenters. The zero-order valence-corrected chi connectivity index (χ0v) is 8.90. The van der Waals surface area contributed by atoms with E-state index in [0.29, 0.717) is 5.56 Å². The number of rotatable bonds is 2. The van der Waals surface area contributed by atoms with Crippen molar-refractivity contribution >= 4 is 0 Å². The summed E-state index contributed by atoms with van der Waals surface area (Å²) in [7, 11) is 1.62. The molecule has 0 saturated carbocycles. The maximum atomic E-state index is 8.88. The van der Waals surface area contributed by atoms with Gasteiger partial charge in [-0.1, -0.05) is 24.3 Å². The van der Waals surface area contributed by atoms with Crippen LogP contribution in [0.5, 0.6) is 5.75 Å². The predicted molar refractivity (Wildman–Crippen MR) is 62.0 cm³/mol. The molecule has 0 bridgehead atoms. The summed E-state index contributed by atoms with van der Waals surface area (Å²) in [5, 5.41) is 8.88. The minimum Gasteiger partial charge on any atom is -0.496 e. The van der Waals surface area contributed by atoms with Crippen molar-refractivity contribution in [2.45, 2.75) is 0 Å². The molecule has 0 aliphatic rings. The van der Waals surface area contributed by atoms with E-state index in [1.165, 1.54) is 0 Å². The van der Waals surface area contributed by atoms with E-state index in [4.69, 9.17) is 10.00 Å². The predicted octanol–water partition coefficient (Wildman–Crippen LogP) is 3.03. The van der Waals surface area contributed by atoms with Crippen molar-refractivity contribution in [3.05, 3.63) is 54.1 Å². The molecule has 77 valence electrons. The first-order valence-electron chi connectivity index (χ1n) is 4.90. The molecular formula is C14H10NO. The SMILES string of the molecule is COc1ccc(C#N)cc1-c1cc[c]cc1. The van der Waals surface area contributed by atoms with E-state index in [1.807, 2.05) is 36.4 Å². The first kappa shape index (κ1) is 10.3. The molecule has 2 nitrogen and oxygen atoms in total. The molecule has 2 heteroatoms. The second kappa shape index (κ2) is 4.50. The van der Waals surface area contributed by atoms with Crippen molar-refractivity contribution in [2.24, 2.45) is 0 Å². The Morgan fingerprint density at radius 1 is 1.19 bits per heavy atom. The van der Waals surface area contributed by atoms with Crippen molar-refractivity contribution in [1.29, 1.82) is 5.26 Å². The van der Waals surface area contributed by atoms with Crippen molar-refractivity contribution in [1.82, 2.24) is 0 Å². The Hall–Kier alpha value is -2.27. The van der Waals surface area contributed by atoms with Gasteiger partial charge >= 0.3 is 0 Å². The van der Waals surface area contributed by atoms with Crippen LogP contribution in [0.3, 0.4) is 0 Å². The zero-order valence-electron chi connectivity index (χ0n) is 8.90. The van der Waals surface area contributed by atoms with E-state index in [2.05, 4.69) is 12.1 Å². The van der Waals surface area contributed by atoms with Gasteiger partial charge in [-0.25, -0.2) is 0 Å². The number of nitrogens with zero attached hydrogens (tertiary/aromatic N) is 1. The Morgan fingerprint density at radius 2 is 1.94 bits per heavy atom. The average molecular weight is 208 g/mol. The third-order valence-electron chi connectivity index (χ3n) is 2.36. The van der Waals surface area contributed by atoms with Gasteiger partial charge < -0.3 is 4.74 Å². The molecule has 0 aliphatic heterocycles. The average Bonchev–Trinajstić information content (AvgIpc) is 2.39. The molecule has 0 amide bonds. The quantitative estimate of drug-likeness (QED) is 0.760. The Bertz CT molecular complexity index is 526. The molecule has 0 spiro atoms. The standard InChI is InChI=1S/C14H10NO/c1-16-14-8-7-11(10-15)9-13(14)12-5-3-2-4-6-12/h3-9H,1H3. The molecule has 16 heavy (non-hydrogen) atoms. The topological polar surface area (TPSA) is 33.0 Å². The molecule has 1 radical (unpaired) electrons. The summed E-state index contributed by atoms with van der Waals surface area (Å²) in [6.45, 7) is 0. The molecule has 0 saturated heterocycles. The smallest absolute Gasteiger partial charge is 0.126 e. The fraction of sp³-hybridized carbons (Fsp3) is 0.0714. The van der Waals surface area contributed by atoms with Gasteiger partial charge in [-0.15, -0.1) is 0 Å². The van der Waals surface area contributed by atoms with Crippen molar-refractivity contribution in [3.63, 3.8) is 0 Å². The number of benzene rings is 2. The van der Waals surface area contributed by atoms with Gasteiger partial charge in [-0.05, 0) is 29.8 Å². The summed E-state index contributed by atoms with van der Waals surface area (Å²) in [6, 6.07) is 18.0. The summed E-state index contributed by atoms with van der Waals surface area (Å²) in [5.74, 6) is 0.769. The van der Waals surface area contributed by atoms with Crippen LogP contribution in [0.2, 0.25) is 0 Å². The first-order valence-corrected chi connectivity index (χ1v) is 4.90. The fourth-order valence-electron chi connectivity index (χ4n) is 1.57. The molecule has 0 aliphatic carbocycles. The van der Waals surface area contributed by atoms with Crippen LogP contribution >= 0.6 is 0 Å². The minimum atomic E-state index is 0.628. The van der Waals surface area contributed by atoms with Gasteiger partial charge in [0.05, 0.1) is 18.7 Å². The summed E-state index contributed by atoms with van der Waals surface area (Å²) < 4.78 is 5.28. The van der Waals surface area contributed by atoms with Gasteiger partial charge in [-0.3, -0.25) is 0 Å². The van der Waals surface area contributed by atoms with Crippen LogP contribution in [0, 0.1) is 17.4 Å². The maximum absolute atomic E-state index is 8.88. The van der Waals surface area contributed by atoms with E-state index in [0.717, 1.165) is 16.9 Å². The van der Waals surface area contributed by atoms with E-state index in [9.17, 15) is 0 Å². The highest BCUT2D eigenvalue weighted by Gasteiger charge is 2.06. The molecule has 0 atom stereocenters. The lowest BCUT2D eigenvalue weighted by Gasteiger charge is -2.08. The molecule has 0 fully saturated rings.